The van der Waals surface area contributed by atoms with Crippen molar-refractivity contribution in [3.05, 3.63) is 35.6 Å². The molecule has 6 heteroatoms. The van der Waals surface area contributed by atoms with Gasteiger partial charge in [0.05, 0.1) is 12.6 Å². The van der Waals surface area contributed by atoms with Gasteiger partial charge in [0.2, 0.25) is 11.8 Å². The molecule has 1 fully saturated rings. The van der Waals surface area contributed by atoms with Crippen LogP contribution in [-0.4, -0.2) is 42.9 Å². The van der Waals surface area contributed by atoms with Gasteiger partial charge >= 0.3 is 0 Å². The Morgan fingerprint density at radius 2 is 1.77 bits per heavy atom. The van der Waals surface area contributed by atoms with Gasteiger partial charge in [-0.2, -0.15) is 0 Å². The van der Waals surface area contributed by atoms with Crippen LogP contribution in [0.2, 0.25) is 0 Å². The second-order valence-electron chi connectivity index (χ2n) is 11.1. The van der Waals surface area contributed by atoms with Crippen molar-refractivity contribution >= 4 is 11.8 Å². The van der Waals surface area contributed by atoms with Crippen LogP contribution in [0.4, 0.5) is 4.39 Å². The van der Waals surface area contributed by atoms with Crippen LogP contribution in [0.1, 0.15) is 72.4 Å². The van der Waals surface area contributed by atoms with Gasteiger partial charge in [0.25, 0.3) is 0 Å². The van der Waals surface area contributed by atoms with Crippen LogP contribution in [0.3, 0.4) is 0 Å². The Bertz CT molecular complexity index is 735. The number of likely N-dealkylation sites (tertiary alicyclic amines) is 1. The van der Waals surface area contributed by atoms with Crippen LogP contribution in [0.15, 0.2) is 24.3 Å². The van der Waals surface area contributed by atoms with Crippen LogP contribution >= 0.6 is 0 Å². The molecule has 0 radical (unpaired) electrons. The number of hydrogen-bond donors (Lipinski definition) is 2. The van der Waals surface area contributed by atoms with E-state index in [1.807, 2.05) is 20.8 Å². The fraction of sp³-hybridized carbons (Fsp3) is 0.680. The predicted octanol–water partition coefficient (Wildman–Crippen LogP) is 4.29. The number of nitrogens with zero attached hydrogens (tertiary/aromatic N) is 1. The lowest BCUT2D eigenvalue weighted by Gasteiger charge is -2.33. The molecule has 0 saturated carbocycles. The Morgan fingerprint density at radius 3 is 2.35 bits per heavy atom. The second kappa shape index (κ2) is 10.6. The van der Waals surface area contributed by atoms with Crippen molar-refractivity contribution < 1.29 is 14.0 Å². The van der Waals surface area contributed by atoms with E-state index in [-0.39, 0.29) is 29.1 Å². The molecule has 1 saturated heterocycles. The molecule has 5 nitrogen and oxygen atoms in total. The summed E-state index contributed by atoms with van der Waals surface area (Å²) in [5, 5.41) is 6.22. The van der Waals surface area contributed by atoms with Crippen molar-refractivity contribution in [2.24, 2.45) is 16.7 Å². The van der Waals surface area contributed by atoms with Gasteiger partial charge in [-0.15, -0.1) is 0 Å². The SMILES string of the molecule is CC(C)(C)CC(NC(=O)CN1CCCC(CNC(=O)C(C)(C)C)C1)c1ccc(F)cc1. The normalized spacial score (nSPS) is 19.0. The fourth-order valence-corrected chi connectivity index (χ4v) is 3.97. The highest BCUT2D eigenvalue weighted by Crippen LogP contribution is 2.29. The number of carbonyl (C=O) groups excluding carboxylic acids is 2. The smallest absolute Gasteiger partial charge is 0.234 e. The molecule has 2 amide bonds. The zero-order valence-corrected chi connectivity index (χ0v) is 20.1. The first kappa shape index (κ1) is 25.3. The van der Waals surface area contributed by atoms with Gasteiger partial charge in [0.1, 0.15) is 5.82 Å². The third-order valence-corrected chi connectivity index (χ3v) is 5.63. The van der Waals surface area contributed by atoms with Gasteiger partial charge in [0.15, 0.2) is 0 Å². The highest BCUT2D eigenvalue weighted by Gasteiger charge is 2.27. The number of benzene rings is 1. The van der Waals surface area contributed by atoms with Crippen molar-refractivity contribution in [1.29, 1.82) is 0 Å². The van der Waals surface area contributed by atoms with Crippen LogP contribution in [-0.2, 0) is 9.59 Å². The molecule has 1 aliphatic heterocycles. The summed E-state index contributed by atoms with van der Waals surface area (Å²) in [5.74, 6) is 0.127. The minimum atomic E-state index is -0.392. The zero-order valence-electron chi connectivity index (χ0n) is 20.1. The Kier molecular flexibility index (Phi) is 8.64. The molecule has 0 spiro atoms. The van der Waals surface area contributed by atoms with Gasteiger partial charge in [0, 0.05) is 18.5 Å². The van der Waals surface area contributed by atoms with E-state index in [1.165, 1.54) is 12.1 Å². The largest absolute Gasteiger partial charge is 0.355 e. The predicted molar refractivity (Wildman–Crippen MR) is 123 cm³/mol. The second-order valence-corrected chi connectivity index (χ2v) is 11.1. The third-order valence-electron chi connectivity index (χ3n) is 5.63. The summed E-state index contributed by atoms with van der Waals surface area (Å²) in [4.78, 5) is 27.2. The quantitative estimate of drug-likeness (QED) is 0.674. The lowest BCUT2D eigenvalue weighted by atomic mass is 9.85. The molecule has 1 aromatic carbocycles. The maximum Gasteiger partial charge on any atom is 0.234 e. The minimum Gasteiger partial charge on any atom is -0.355 e. The number of amides is 2. The number of carbonyl (C=O) groups is 2. The Labute approximate surface area is 187 Å². The van der Waals surface area contributed by atoms with Gasteiger partial charge in [-0.25, -0.2) is 4.39 Å². The Hall–Kier alpha value is -1.95. The topological polar surface area (TPSA) is 61.4 Å². The molecule has 174 valence electrons. The van der Waals surface area contributed by atoms with Crippen molar-refractivity contribution in [2.45, 2.75) is 66.8 Å². The molecule has 2 atom stereocenters. The summed E-state index contributed by atoms with van der Waals surface area (Å²) in [6.45, 7) is 14.8. The highest BCUT2D eigenvalue weighted by molar-refractivity contribution is 5.81. The first-order valence-electron chi connectivity index (χ1n) is 11.4. The van der Waals surface area contributed by atoms with Crippen LogP contribution in [0, 0.1) is 22.6 Å². The average molecular weight is 434 g/mol. The van der Waals surface area contributed by atoms with Gasteiger partial charge in [-0.3, -0.25) is 14.5 Å². The van der Waals surface area contributed by atoms with Crippen LogP contribution in [0.25, 0.3) is 0 Å². The Balaban J connectivity index is 1.92. The summed E-state index contributed by atoms with van der Waals surface area (Å²) in [6, 6.07) is 6.23. The van der Waals surface area contributed by atoms with E-state index in [2.05, 4.69) is 36.3 Å². The molecular weight excluding hydrogens is 393 g/mol. The highest BCUT2D eigenvalue weighted by atomic mass is 19.1. The molecule has 1 aliphatic rings. The van der Waals surface area contributed by atoms with E-state index in [0.29, 0.717) is 19.0 Å². The maximum absolute atomic E-state index is 13.4. The van der Waals surface area contributed by atoms with Gasteiger partial charge < -0.3 is 10.6 Å². The van der Waals surface area contributed by atoms with Crippen LogP contribution in [0.5, 0.6) is 0 Å². The number of hydrogen-bond acceptors (Lipinski definition) is 3. The number of rotatable bonds is 7. The van der Waals surface area contributed by atoms with Crippen molar-refractivity contribution in [2.75, 3.05) is 26.2 Å². The Morgan fingerprint density at radius 1 is 1.13 bits per heavy atom. The monoisotopic (exact) mass is 433 g/mol. The molecule has 0 bridgehead atoms. The third kappa shape index (κ3) is 8.98. The summed E-state index contributed by atoms with van der Waals surface area (Å²) in [5.41, 5.74) is 0.552. The maximum atomic E-state index is 13.4. The molecule has 2 rings (SSSR count). The summed E-state index contributed by atoms with van der Waals surface area (Å²) in [7, 11) is 0. The lowest BCUT2D eigenvalue weighted by Crippen LogP contribution is -2.46. The fourth-order valence-electron chi connectivity index (χ4n) is 3.97. The van der Waals surface area contributed by atoms with Crippen molar-refractivity contribution in [3.8, 4) is 0 Å². The standard InChI is InChI=1S/C25H40FN3O2/c1-24(2,3)14-21(19-9-11-20(26)12-10-19)28-22(30)17-29-13-7-8-18(16-29)15-27-23(31)25(4,5)6/h9-12,18,21H,7-8,13-17H2,1-6H3,(H,27,31)(H,28,30). The lowest BCUT2D eigenvalue weighted by molar-refractivity contribution is -0.129. The van der Waals surface area contributed by atoms with E-state index in [9.17, 15) is 14.0 Å². The molecule has 0 aromatic heterocycles. The first-order chi connectivity index (χ1) is 14.3. The zero-order chi connectivity index (χ0) is 23.2. The molecule has 31 heavy (non-hydrogen) atoms. The summed E-state index contributed by atoms with van der Waals surface area (Å²) >= 11 is 0. The minimum absolute atomic E-state index is 0.0158. The number of nitrogens with one attached hydrogen (secondary N) is 2. The van der Waals surface area contributed by atoms with Crippen molar-refractivity contribution in [3.63, 3.8) is 0 Å². The molecular formula is C25H40FN3O2. The molecule has 2 unspecified atom stereocenters. The van der Waals surface area contributed by atoms with Gasteiger partial charge in [-0.05, 0) is 54.8 Å². The molecule has 2 N–H and O–H groups in total. The van der Waals surface area contributed by atoms with Crippen molar-refractivity contribution in [1.82, 2.24) is 15.5 Å². The van der Waals surface area contributed by atoms with E-state index >= 15 is 0 Å². The molecule has 0 aliphatic carbocycles. The van der Waals surface area contributed by atoms with E-state index in [1.54, 1.807) is 12.1 Å². The molecule has 1 aromatic rings. The number of halogens is 1. The summed E-state index contributed by atoms with van der Waals surface area (Å²) in [6.07, 6.45) is 2.85. The van der Waals surface area contributed by atoms with Crippen LogP contribution < -0.4 is 10.6 Å². The van der Waals surface area contributed by atoms with Gasteiger partial charge in [-0.1, -0.05) is 53.7 Å². The first-order valence-corrected chi connectivity index (χ1v) is 11.4. The van der Waals surface area contributed by atoms with E-state index in [0.717, 1.165) is 37.9 Å². The number of piperidine rings is 1. The average Bonchev–Trinajstić information content (AvgIpc) is 2.64. The van der Waals surface area contributed by atoms with E-state index < -0.39 is 5.41 Å². The molecule has 1 heterocycles. The summed E-state index contributed by atoms with van der Waals surface area (Å²) < 4.78 is 13.4. The van der Waals surface area contributed by atoms with E-state index in [4.69, 9.17) is 0 Å².